The van der Waals surface area contributed by atoms with Gasteiger partial charge in [0.25, 0.3) is 0 Å². The summed E-state index contributed by atoms with van der Waals surface area (Å²) in [6.07, 6.45) is 3.12. The van der Waals surface area contributed by atoms with Gasteiger partial charge in [-0.2, -0.15) is 5.26 Å². The molecule has 0 aromatic heterocycles. The van der Waals surface area contributed by atoms with E-state index >= 15 is 0 Å². The summed E-state index contributed by atoms with van der Waals surface area (Å²) in [6, 6.07) is 14.2. The van der Waals surface area contributed by atoms with Gasteiger partial charge >= 0.3 is 0 Å². The summed E-state index contributed by atoms with van der Waals surface area (Å²) in [4.78, 5) is 11.9. The van der Waals surface area contributed by atoms with Crippen LogP contribution < -0.4 is 14.8 Å². The van der Waals surface area contributed by atoms with Gasteiger partial charge in [0, 0.05) is 17.8 Å². The number of carbonyl (C=O) groups excluding carboxylic acids is 1. The summed E-state index contributed by atoms with van der Waals surface area (Å²) >= 11 is 0. The number of fused-ring (bicyclic) bond motifs is 1. The number of rotatable bonds is 3. The van der Waals surface area contributed by atoms with Gasteiger partial charge in [0.2, 0.25) is 12.7 Å². The van der Waals surface area contributed by atoms with Gasteiger partial charge in [-0.25, -0.2) is 0 Å². The Bertz CT molecular complexity index is 773. The highest BCUT2D eigenvalue weighted by Gasteiger charge is 2.13. The van der Waals surface area contributed by atoms with Gasteiger partial charge in [0.05, 0.1) is 11.6 Å². The zero-order valence-corrected chi connectivity index (χ0v) is 11.6. The van der Waals surface area contributed by atoms with Crippen molar-refractivity contribution in [3.8, 4) is 17.6 Å². The van der Waals surface area contributed by atoms with Crippen molar-refractivity contribution < 1.29 is 14.3 Å². The van der Waals surface area contributed by atoms with Crippen molar-refractivity contribution in [2.45, 2.75) is 0 Å². The van der Waals surface area contributed by atoms with E-state index in [4.69, 9.17) is 14.7 Å². The molecule has 5 nitrogen and oxygen atoms in total. The van der Waals surface area contributed by atoms with Crippen LogP contribution in [0.5, 0.6) is 11.5 Å². The molecule has 1 N–H and O–H groups in total. The summed E-state index contributed by atoms with van der Waals surface area (Å²) < 4.78 is 10.5. The first-order chi connectivity index (χ1) is 10.7. The Hall–Kier alpha value is -3.26. The molecule has 0 radical (unpaired) electrons. The minimum atomic E-state index is -0.247. The van der Waals surface area contributed by atoms with Crippen molar-refractivity contribution in [3.05, 3.63) is 59.7 Å². The monoisotopic (exact) mass is 292 g/mol. The first kappa shape index (κ1) is 13.7. The van der Waals surface area contributed by atoms with E-state index in [1.807, 2.05) is 6.07 Å². The third-order valence-electron chi connectivity index (χ3n) is 3.11. The van der Waals surface area contributed by atoms with Crippen LogP contribution in [0, 0.1) is 11.3 Å². The highest BCUT2D eigenvalue weighted by molar-refractivity contribution is 6.02. The number of ether oxygens (including phenoxy) is 2. The third-order valence-corrected chi connectivity index (χ3v) is 3.11. The number of nitrogens with zero attached hydrogens (tertiary/aromatic N) is 1. The maximum Gasteiger partial charge on any atom is 0.248 e. The predicted octanol–water partition coefficient (Wildman–Crippen LogP) is 2.94. The fraction of sp³-hybridized carbons (Fsp3) is 0.0588. The van der Waals surface area contributed by atoms with E-state index in [0.717, 1.165) is 5.56 Å². The largest absolute Gasteiger partial charge is 0.454 e. The van der Waals surface area contributed by atoms with Crippen LogP contribution in [-0.2, 0) is 4.79 Å². The molecule has 0 aliphatic carbocycles. The summed E-state index contributed by atoms with van der Waals surface area (Å²) in [5.41, 5.74) is 2.07. The van der Waals surface area contributed by atoms with Gasteiger partial charge in [0.1, 0.15) is 0 Å². The van der Waals surface area contributed by atoms with Gasteiger partial charge < -0.3 is 14.8 Å². The molecule has 0 unspecified atom stereocenters. The Morgan fingerprint density at radius 3 is 2.68 bits per heavy atom. The summed E-state index contributed by atoms with van der Waals surface area (Å²) in [7, 11) is 0. The number of amides is 1. The average Bonchev–Trinajstić information content (AvgIpc) is 3.01. The molecule has 108 valence electrons. The van der Waals surface area contributed by atoms with Crippen molar-refractivity contribution in [3.63, 3.8) is 0 Å². The topological polar surface area (TPSA) is 71.4 Å². The second kappa shape index (κ2) is 6.02. The van der Waals surface area contributed by atoms with Crippen LogP contribution in [0.4, 0.5) is 5.69 Å². The predicted molar refractivity (Wildman–Crippen MR) is 81.4 cm³/mol. The molecule has 0 atom stereocenters. The van der Waals surface area contributed by atoms with Crippen LogP contribution >= 0.6 is 0 Å². The smallest absolute Gasteiger partial charge is 0.248 e. The van der Waals surface area contributed by atoms with Gasteiger partial charge in [-0.3, -0.25) is 4.79 Å². The standard InChI is InChI=1S/C17H12N2O3/c18-10-13-3-1-12(2-4-13)5-8-17(20)19-14-6-7-15-16(9-14)22-11-21-15/h1-9H,11H2,(H,19,20)/b8-5+. The Balaban J connectivity index is 1.64. The molecule has 2 aromatic rings. The highest BCUT2D eigenvalue weighted by Crippen LogP contribution is 2.34. The van der Waals surface area contributed by atoms with Crippen LogP contribution in [0.2, 0.25) is 0 Å². The molecule has 0 saturated heterocycles. The van der Waals surface area contributed by atoms with Crippen LogP contribution in [0.1, 0.15) is 11.1 Å². The molecular weight excluding hydrogens is 280 g/mol. The fourth-order valence-electron chi connectivity index (χ4n) is 2.00. The molecule has 0 bridgehead atoms. The minimum absolute atomic E-state index is 0.200. The molecule has 5 heteroatoms. The molecule has 1 heterocycles. The molecule has 1 aliphatic heterocycles. The van der Waals surface area contributed by atoms with Gasteiger partial charge in [-0.05, 0) is 35.9 Å². The summed E-state index contributed by atoms with van der Waals surface area (Å²) in [5.74, 6) is 1.04. The van der Waals surface area contributed by atoms with E-state index in [1.54, 1.807) is 48.5 Å². The van der Waals surface area contributed by atoms with Crippen LogP contribution in [0.15, 0.2) is 48.5 Å². The molecule has 3 rings (SSSR count). The van der Waals surface area contributed by atoms with E-state index in [0.29, 0.717) is 22.7 Å². The number of carbonyl (C=O) groups is 1. The van der Waals surface area contributed by atoms with Gasteiger partial charge in [-0.1, -0.05) is 12.1 Å². The van der Waals surface area contributed by atoms with Crippen molar-refractivity contribution in [2.24, 2.45) is 0 Å². The van der Waals surface area contributed by atoms with Gasteiger partial charge in [-0.15, -0.1) is 0 Å². The van der Waals surface area contributed by atoms with E-state index in [9.17, 15) is 4.79 Å². The van der Waals surface area contributed by atoms with Crippen molar-refractivity contribution in [1.82, 2.24) is 0 Å². The molecule has 0 saturated carbocycles. The van der Waals surface area contributed by atoms with Crippen molar-refractivity contribution in [1.29, 1.82) is 5.26 Å². The number of nitrogens with one attached hydrogen (secondary N) is 1. The molecule has 1 amide bonds. The first-order valence-electron chi connectivity index (χ1n) is 6.63. The number of hydrogen-bond donors (Lipinski definition) is 1. The fourth-order valence-corrected chi connectivity index (χ4v) is 2.00. The number of benzene rings is 2. The second-order valence-electron chi connectivity index (χ2n) is 4.62. The Morgan fingerprint density at radius 1 is 1.14 bits per heavy atom. The molecule has 22 heavy (non-hydrogen) atoms. The Kier molecular flexibility index (Phi) is 3.75. The SMILES string of the molecule is N#Cc1ccc(/C=C/C(=O)Nc2ccc3c(c2)OCO3)cc1. The maximum atomic E-state index is 11.9. The molecule has 0 spiro atoms. The first-order valence-corrected chi connectivity index (χ1v) is 6.63. The normalized spacial score (nSPS) is 12.1. The molecule has 0 fully saturated rings. The quantitative estimate of drug-likeness (QED) is 0.883. The summed E-state index contributed by atoms with van der Waals surface area (Å²) in [6.45, 7) is 0.200. The molecule has 1 aliphatic rings. The minimum Gasteiger partial charge on any atom is -0.454 e. The maximum absolute atomic E-state index is 11.9. The Morgan fingerprint density at radius 2 is 1.91 bits per heavy atom. The highest BCUT2D eigenvalue weighted by atomic mass is 16.7. The van der Waals surface area contributed by atoms with Crippen LogP contribution in [-0.4, -0.2) is 12.7 Å². The zero-order chi connectivity index (χ0) is 15.4. The average molecular weight is 292 g/mol. The lowest BCUT2D eigenvalue weighted by Crippen LogP contribution is -2.07. The lowest BCUT2D eigenvalue weighted by molar-refractivity contribution is -0.111. The lowest BCUT2D eigenvalue weighted by atomic mass is 10.1. The number of anilines is 1. The van der Waals surface area contributed by atoms with Crippen LogP contribution in [0.3, 0.4) is 0 Å². The van der Waals surface area contributed by atoms with Crippen LogP contribution in [0.25, 0.3) is 6.08 Å². The Labute approximate surface area is 127 Å². The number of hydrogen-bond acceptors (Lipinski definition) is 4. The molecular formula is C17H12N2O3. The van der Waals surface area contributed by atoms with E-state index < -0.39 is 0 Å². The summed E-state index contributed by atoms with van der Waals surface area (Å²) in [5, 5.41) is 11.5. The van der Waals surface area contributed by atoms with E-state index in [-0.39, 0.29) is 12.7 Å². The van der Waals surface area contributed by atoms with E-state index in [2.05, 4.69) is 5.32 Å². The molecule has 2 aromatic carbocycles. The zero-order valence-electron chi connectivity index (χ0n) is 11.6. The lowest BCUT2D eigenvalue weighted by Gasteiger charge is -2.03. The second-order valence-corrected chi connectivity index (χ2v) is 4.62. The van der Waals surface area contributed by atoms with E-state index in [1.165, 1.54) is 6.08 Å². The van der Waals surface area contributed by atoms with Crippen molar-refractivity contribution in [2.75, 3.05) is 12.1 Å². The third kappa shape index (κ3) is 3.07. The van der Waals surface area contributed by atoms with Crippen molar-refractivity contribution >= 4 is 17.7 Å². The number of nitriles is 1. The van der Waals surface area contributed by atoms with Gasteiger partial charge in [0.15, 0.2) is 11.5 Å².